The fourth-order valence-electron chi connectivity index (χ4n) is 1.50. The van der Waals surface area contributed by atoms with Gasteiger partial charge in [-0.15, -0.1) is 6.58 Å². The first kappa shape index (κ1) is 22.9. The standard InChI is InChI=1S/C9H20O3Si.C6H14OSi/c1-5-9-13(10-6-2,11-7-3)12-8-4;1-4-7-5(2)6(3)8/h5H,1,6-9H2,2-4H3;4H2,1-3,8H3. The van der Waals surface area contributed by atoms with Gasteiger partial charge in [-0.3, -0.25) is 0 Å². The summed E-state index contributed by atoms with van der Waals surface area (Å²) in [6.07, 6.45) is 1.80. The van der Waals surface area contributed by atoms with E-state index in [9.17, 15) is 0 Å². The molecule has 0 radical (unpaired) electrons. The monoisotopic (exact) mass is 334 g/mol. The Morgan fingerprint density at radius 3 is 1.57 bits per heavy atom. The average molecular weight is 335 g/mol. The third-order valence-corrected chi connectivity index (χ3v) is 6.23. The molecule has 0 fully saturated rings. The average Bonchev–Trinajstić information content (AvgIpc) is 2.41. The van der Waals surface area contributed by atoms with Crippen LogP contribution in [0.5, 0.6) is 0 Å². The highest BCUT2D eigenvalue weighted by Crippen LogP contribution is 2.15. The van der Waals surface area contributed by atoms with Crippen LogP contribution in [0, 0.1) is 0 Å². The van der Waals surface area contributed by atoms with Gasteiger partial charge in [0.25, 0.3) is 0 Å². The molecular weight excluding hydrogens is 300 g/mol. The van der Waals surface area contributed by atoms with E-state index < -0.39 is 8.80 Å². The van der Waals surface area contributed by atoms with Crippen molar-refractivity contribution in [3.63, 3.8) is 0 Å². The third-order valence-electron chi connectivity index (χ3n) is 2.55. The van der Waals surface area contributed by atoms with E-state index in [2.05, 4.69) is 13.5 Å². The highest BCUT2D eigenvalue weighted by atomic mass is 28.4. The van der Waals surface area contributed by atoms with Gasteiger partial charge in [0.15, 0.2) is 0 Å². The molecule has 0 aliphatic carbocycles. The molecule has 0 heterocycles. The Bertz CT molecular complexity index is 272. The Morgan fingerprint density at radius 1 is 0.952 bits per heavy atom. The zero-order chi connectivity index (χ0) is 16.7. The zero-order valence-electron chi connectivity index (χ0n) is 15.0. The van der Waals surface area contributed by atoms with Crippen LogP contribution >= 0.6 is 0 Å². The fourth-order valence-corrected chi connectivity index (χ4v) is 3.92. The van der Waals surface area contributed by atoms with Gasteiger partial charge in [-0.25, -0.2) is 0 Å². The summed E-state index contributed by atoms with van der Waals surface area (Å²) in [6.45, 7) is 18.3. The van der Waals surface area contributed by atoms with Gasteiger partial charge in [-0.05, 0) is 41.5 Å². The van der Waals surface area contributed by atoms with Gasteiger partial charge >= 0.3 is 8.80 Å². The number of allylic oxidation sites excluding steroid dienone is 3. The van der Waals surface area contributed by atoms with Gasteiger partial charge in [0.1, 0.15) is 0 Å². The van der Waals surface area contributed by atoms with Crippen molar-refractivity contribution in [2.45, 2.75) is 47.6 Å². The van der Waals surface area contributed by atoms with E-state index in [1.165, 1.54) is 5.20 Å². The molecule has 0 bridgehead atoms. The van der Waals surface area contributed by atoms with Gasteiger partial charge in [0.2, 0.25) is 0 Å². The minimum atomic E-state index is -2.41. The van der Waals surface area contributed by atoms with E-state index in [-0.39, 0.29) is 0 Å². The molecule has 0 aliphatic heterocycles. The largest absolute Gasteiger partial charge is 0.504 e. The van der Waals surface area contributed by atoms with Crippen molar-refractivity contribution < 1.29 is 18.0 Å². The molecule has 0 unspecified atom stereocenters. The second kappa shape index (κ2) is 14.5. The number of hydrogen-bond donors (Lipinski definition) is 0. The van der Waals surface area contributed by atoms with Crippen LogP contribution in [0.1, 0.15) is 41.5 Å². The predicted molar refractivity (Wildman–Crippen MR) is 95.6 cm³/mol. The number of ether oxygens (including phenoxy) is 1. The van der Waals surface area contributed by atoms with Gasteiger partial charge in [0.05, 0.1) is 12.4 Å². The Hall–Kier alpha value is -0.406. The summed E-state index contributed by atoms with van der Waals surface area (Å²) in [5.41, 5.74) is 0. The molecule has 126 valence electrons. The lowest BCUT2D eigenvalue weighted by atomic mass is 10.5. The summed E-state index contributed by atoms with van der Waals surface area (Å²) in [5, 5.41) is 1.40. The molecule has 0 aromatic rings. The minimum Gasteiger partial charge on any atom is -0.499 e. The second-order valence-electron chi connectivity index (χ2n) is 4.46. The van der Waals surface area contributed by atoms with Gasteiger partial charge in [0, 0.05) is 36.1 Å². The normalized spacial score (nSPS) is 12.3. The topological polar surface area (TPSA) is 36.9 Å². The number of hydrogen-bond acceptors (Lipinski definition) is 4. The highest BCUT2D eigenvalue weighted by molar-refractivity contribution is 6.61. The fraction of sp³-hybridized carbons (Fsp3) is 0.733. The van der Waals surface area contributed by atoms with Gasteiger partial charge < -0.3 is 18.0 Å². The molecule has 0 aliphatic rings. The van der Waals surface area contributed by atoms with Crippen molar-refractivity contribution in [1.29, 1.82) is 0 Å². The van der Waals surface area contributed by atoms with E-state index in [4.69, 9.17) is 18.0 Å². The maximum atomic E-state index is 5.57. The van der Waals surface area contributed by atoms with Crippen molar-refractivity contribution in [1.82, 2.24) is 0 Å². The van der Waals surface area contributed by atoms with E-state index in [0.717, 1.165) is 22.6 Å². The van der Waals surface area contributed by atoms with E-state index in [1.54, 1.807) is 6.08 Å². The van der Waals surface area contributed by atoms with Crippen LogP contribution in [0.2, 0.25) is 6.04 Å². The molecule has 0 rings (SSSR count). The van der Waals surface area contributed by atoms with Crippen molar-refractivity contribution in [3.05, 3.63) is 23.6 Å². The van der Waals surface area contributed by atoms with Crippen LogP contribution in [0.3, 0.4) is 0 Å². The van der Waals surface area contributed by atoms with Crippen molar-refractivity contribution in [2.75, 3.05) is 26.4 Å². The molecular formula is C15H34O4Si2. The van der Waals surface area contributed by atoms with Gasteiger partial charge in [-0.2, -0.15) is 0 Å². The molecule has 4 nitrogen and oxygen atoms in total. The highest BCUT2D eigenvalue weighted by Gasteiger charge is 2.38. The smallest absolute Gasteiger partial charge is 0.499 e. The lowest BCUT2D eigenvalue weighted by Gasteiger charge is -2.27. The first-order valence-electron chi connectivity index (χ1n) is 7.72. The maximum absolute atomic E-state index is 5.57. The molecule has 0 N–H and O–H groups in total. The molecule has 6 heteroatoms. The molecule has 0 aromatic heterocycles. The summed E-state index contributed by atoms with van der Waals surface area (Å²) in [7, 11) is -1.29. The quantitative estimate of drug-likeness (QED) is 0.350. The summed E-state index contributed by atoms with van der Waals surface area (Å²) in [6, 6.07) is 0.683. The number of rotatable bonds is 10. The van der Waals surface area contributed by atoms with E-state index >= 15 is 0 Å². The van der Waals surface area contributed by atoms with Crippen LogP contribution in [0.25, 0.3) is 0 Å². The Balaban J connectivity index is 0. The summed E-state index contributed by atoms with van der Waals surface area (Å²) >= 11 is 0. The molecule has 0 amide bonds. The maximum Gasteiger partial charge on any atom is 0.504 e. The first-order chi connectivity index (χ1) is 9.92. The van der Waals surface area contributed by atoms with Crippen molar-refractivity contribution in [3.8, 4) is 0 Å². The third kappa shape index (κ3) is 11.9. The minimum absolute atomic E-state index is 0.625. The Morgan fingerprint density at radius 2 is 1.38 bits per heavy atom. The van der Waals surface area contributed by atoms with Gasteiger partial charge in [-0.1, -0.05) is 11.3 Å². The molecule has 0 saturated heterocycles. The van der Waals surface area contributed by atoms with Crippen LogP contribution in [-0.2, 0) is 18.0 Å². The lowest BCUT2D eigenvalue weighted by molar-refractivity contribution is 0.0743. The summed E-state index contributed by atoms with van der Waals surface area (Å²) < 4.78 is 21.9. The second-order valence-corrected chi connectivity index (χ2v) is 8.60. The van der Waals surface area contributed by atoms with Crippen molar-refractivity contribution >= 4 is 19.0 Å². The van der Waals surface area contributed by atoms with Crippen LogP contribution in [-0.4, -0.2) is 45.5 Å². The lowest BCUT2D eigenvalue weighted by Crippen LogP contribution is -2.45. The zero-order valence-corrected chi connectivity index (χ0v) is 18.0. The molecule has 0 saturated carbocycles. The summed E-state index contributed by atoms with van der Waals surface area (Å²) in [4.78, 5) is 0. The van der Waals surface area contributed by atoms with Crippen LogP contribution in [0.4, 0.5) is 0 Å². The SMILES string of the molecule is C=CC[Si](OCC)(OCC)OCC.CCOC(C)=C(C)[SiH3]. The van der Waals surface area contributed by atoms with Crippen molar-refractivity contribution in [2.24, 2.45) is 0 Å². The predicted octanol–water partition coefficient (Wildman–Crippen LogP) is 2.86. The molecule has 21 heavy (non-hydrogen) atoms. The Kier molecular flexibility index (Phi) is 15.8. The van der Waals surface area contributed by atoms with Crippen LogP contribution < -0.4 is 0 Å². The first-order valence-corrected chi connectivity index (χ1v) is 10.7. The van der Waals surface area contributed by atoms with E-state index in [0.29, 0.717) is 25.9 Å². The van der Waals surface area contributed by atoms with Crippen LogP contribution in [0.15, 0.2) is 23.6 Å². The molecule has 0 aromatic carbocycles. The van der Waals surface area contributed by atoms with E-state index in [1.807, 2.05) is 34.6 Å². The molecule has 0 atom stereocenters. The Labute approximate surface area is 135 Å². The summed E-state index contributed by atoms with van der Waals surface area (Å²) in [5.74, 6) is 1.11. The molecule has 0 spiro atoms.